The van der Waals surface area contributed by atoms with Crippen LogP contribution in [0.2, 0.25) is 0 Å². The van der Waals surface area contributed by atoms with Crippen molar-refractivity contribution in [2.75, 3.05) is 13.2 Å². The first kappa shape index (κ1) is 75.6. The molecule has 2 atom stereocenters. The molecule has 0 aliphatic heterocycles. The Morgan fingerprint density at radius 1 is 0.351 bits per heavy atom. The predicted octanol–water partition coefficient (Wildman–Crippen LogP) is 22.8. The average Bonchev–Trinajstić information content (AvgIpc) is 3.43. The lowest BCUT2D eigenvalue weighted by atomic mass is 10.0. The number of unbranched alkanes of at least 4 members (excludes halogenated alkanes) is 54. The second-order valence-corrected chi connectivity index (χ2v) is 24.6. The van der Waals surface area contributed by atoms with Gasteiger partial charge in [0, 0.05) is 12.8 Å². The maximum absolute atomic E-state index is 12.4. The molecule has 0 aromatic rings. The van der Waals surface area contributed by atoms with Gasteiger partial charge in [0.2, 0.25) is 5.91 Å². The minimum Gasteiger partial charge on any atom is -0.466 e. The van der Waals surface area contributed by atoms with Gasteiger partial charge in [-0.05, 0) is 51.4 Å². The summed E-state index contributed by atoms with van der Waals surface area (Å²) >= 11 is 0. The summed E-state index contributed by atoms with van der Waals surface area (Å²) in [7, 11) is 0. The smallest absolute Gasteiger partial charge is 0.305 e. The quantitative estimate of drug-likeness (QED) is 0.0320. The Morgan fingerprint density at radius 2 is 0.610 bits per heavy atom. The highest BCUT2D eigenvalue weighted by atomic mass is 16.5. The Kier molecular flexibility index (Phi) is 65.9. The van der Waals surface area contributed by atoms with E-state index in [0.717, 1.165) is 38.5 Å². The Bertz CT molecular complexity index is 1160. The number of allylic oxidation sites excluding steroid dienone is 2. The lowest BCUT2D eigenvalue weighted by molar-refractivity contribution is -0.143. The molecule has 6 nitrogen and oxygen atoms in total. The van der Waals surface area contributed by atoms with Crippen LogP contribution < -0.4 is 5.32 Å². The molecule has 0 aromatic carbocycles. The van der Waals surface area contributed by atoms with E-state index < -0.39 is 12.1 Å². The number of nitrogens with one attached hydrogen (secondary N) is 1. The van der Waals surface area contributed by atoms with E-state index in [-0.39, 0.29) is 18.5 Å². The minimum absolute atomic E-state index is 0.0238. The highest BCUT2D eigenvalue weighted by Crippen LogP contribution is 2.19. The van der Waals surface area contributed by atoms with E-state index in [2.05, 4.69) is 31.3 Å². The zero-order chi connectivity index (χ0) is 55.7. The third-order valence-electron chi connectivity index (χ3n) is 16.8. The number of carbonyl (C=O) groups is 2. The van der Waals surface area contributed by atoms with Crippen LogP contribution in [0.1, 0.15) is 406 Å². The normalized spacial score (nSPS) is 12.5. The van der Waals surface area contributed by atoms with Crippen LogP contribution in [0.3, 0.4) is 0 Å². The molecule has 0 spiro atoms. The third kappa shape index (κ3) is 63.6. The van der Waals surface area contributed by atoms with Crippen molar-refractivity contribution < 1.29 is 24.5 Å². The summed E-state index contributed by atoms with van der Waals surface area (Å²) in [5.74, 6) is -0.00716. The Morgan fingerprint density at radius 3 is 0.922 bits per heavy atom. The fourth-order valence-electron chi connectivity index (χ4n) is 11.4. The van der Waals surface area contributed by atoms with Crippen LogP contribution in [-0.4, -0.2) is 47.4 Å². The standard InChI is InChI=1S/C71H139NO5/c1-3-5-7-9-11-13-14-45-49-53-57-61-65-71(76)77-66-62-58-54-50-46-43-41-39-37-35-33-31-29-27-25-23-21-19-17-15-16-18-20-22-24-26-28-30-32-34-36-38-40-42-44-48-52-56-60-64-70(75)72-68(67-73)69(74)63-59-55-51-47-12-10-8-6-4-2/h15-16,68-69,73-74H,3-14,17-67H2,1-2H3,(H,72,75)/b16-15-. The first-order valence-corrected chi connectivity index (χ1v) is 35.4. The molecule has 0 fully saturated rings. The molecule has 3 N–H and O–H groups in total. The van der Waals surface area contributed by atoms with Gasteiger partial charge in [0.05, 0.1) is 25.4 Å². The number of hydrogen-bond acceptors (Lipinski definition) is 5. The van der Waals surface area contributed by atoms with Gasteiger partial charge in [-0.15, -0.1) is 0 Å². The third-order valence-corrected chi connectivity index (χ3v) is 16.8. The van der Waals surface area contributed by atoms with Crippen molar-refractivity contribution in [3.8, 4) is 0 Å². The Balaban J connectivity index is 3.28. The fraction of sp³-hybridized carbons (Fsp3) is 0.944. The van der Waals surface area contributed by atoms with E-state index in [1.54, 1.807) is 0 Å². The van der Waals surface area contributed by atoms with Gasteiger partial charge in [-0.1, -0.05) is 353 Å². The first-order valence-electron chi connectivity index (χ1n) is 35.4. The Hall–Kier alpha value is -1.40. The molecule has 0 saturated heterocycles. The van der Waals surface area contributed by atoms with Gasteiger partial charge >= 0.3 is 5.97 Å². The summed E-state index contributed by atoms with van der Waals surface area (Å²) in [6.45, 7) is 4.96. The van der Waals surface area contributed by atoms with E-state index in [1.165, 1.54) is 334 Å². The van der Waals surface area contributed by atoms with E-state index in [0.29, 0.717) is 25.9 Å². The zero-order valence-electron chi connectivity index (χ0n) is 52.5. The number of ether oxygens (including phenoxy) is 1. The predicted molar refractivity (Wildman–Crippen MR) is 338 cm³/mol. The van der Waals surface area contributed by atoms with Gasteiger partial charge in [-0.2, -0.15) is 0 Å². The van der Waals surface area contributed by atoms with Gasteiger partial charge in [0.1, 0.15) is 0 Å². The topological polar surface area (TPSA) is 95.9 Å². The zero-order valence-corrected chi connectivity index (χ0v) is 52.5. The fourth-order valence-corrected chi connectivity index (χ4v) is 11.4. The van der Waals surface area contributed by atoms with Gasteiger partial charge < -0.3 is 20.3 Å². The number of esters is 1. The molecule has 0 saturated carbocycles. The summed E-state index contributed by atoms with van der Waals surface area (Å²) in [5.41, 5.74) is 0. The minimum atomic E-state index is -0.658. The summed E-state index contributed by atoms with van der Waals surface area (Å²) in [4.78, 5) is 24.5. The molecule has 458 valence electrons. The molecule has 0 bridgehead atoms. The molecule has 77 heavy (non-hydrogen) atoms. The van der Waals surface area contributed by atoms with Crippen molar-refractivity contribution in [3.63, 3.8) is 0 Å². The average molecular weight is 1090 g/mol. The monoisotopic (exact) mass is 1090 g/mol. The van der Waals surface area contributed by atoms with Crippen LogP contribution in [0.15, 0.2) is 12.2 Å². The lowest BCUT2D eigenvalue weighted by Crippen LogP contribution is -2.45. The highest BCUT2D eigenvalue weighted by molar-refractivity contribution is 5.76. The van der Waals surface area contributed by atoms with Crippen LogP contribution in [0.4, 0.5) is 0 Å². The van der Waals surface area contributed by atoms with Crippen molar-refractivity contribution in [3.05, 3.63) is 12.2 Å². The van der Waals surface area contributed by atoms with Crippen molar-refractivity contribution in [1.29, 1.82) is 0 Å². The molecular formula is C71H139NO5. The number of hydrogen-bond donors (Lipinski definition) is 3. The van der Waals surface area contributed by atoms with E-state index in [1.807, 2.05) is 0 Å². The molecule has 0 heterocycles. The molecule has 1 amide bonds. The van der Waals surface area contributed by atoms with Gasteiger partial charge in [-0.25, -0.2) is 0 Å². The van der Waals surface area contributed by atoms with Crippen molar-refractivity contribution in [2.45, 2.75) is 418 Å². The lowest BCUT2D eigenvalue weighted by Gasteiger charge is -2.22. The largest absolute Gasteiger partial charge is 0.466 e. The second-order valence-electron chi connectivity index (χ2n) is 24.6. The van der Waals surface area contributed by atoms with Crippen molar-refractivity contribution in [2.24, 2.45) is 0 Å². The maximum atomic E-state index is 12.4. The first-order chi connectivity index (χ1) is 38.0. The number of amides is 1. The van der Waals surface area contributed by atoms with Crippen LogP contribution in [0, 0.1) is 0 Å². The highest BCUT2D eigenvalue weighted by Gasteiger charge is 2.20. The summed E-state index contributed by atoms with van der Waals surface area (Å²) < 4.78 is 5.49. The van der Waals surface area contributed by atoms with Gasteiger partial charge in [0.25, 0.3) is 0 Å². The molecule has 0 aromatic heterocycles. The number of aliphatic hydroxyl groups excluding tert-OH is 2. The summed E-state index contributed by atoms with van der Waals surface area (Å²) in [6.07, 6.45) is 83.0. The van der Waals surface area contributed by atoms with Crippen molar-refractivity contribution >= 4 is 11.9 Å². The van der Waals surface area contributed by atoms with E-state index >= 15 is 0 Å². The number of rotatable bonds is 67. The van der Waals surface area contributed by atoms with Crippen LogP contribution in [0.5, 0.6) is 0 Å². The summed E-state index contributed by atoms with van der Waals surface area (Å²) in [5, 5.41) is 23.1. The van der Waals surface area contributed by atoms with Crippen LogP contribution in [0.25, 0.3) is 0 Å². The van der Waals surface area contributed by atoms with E-state index in [9.17, 15) is 19.8 Å². The van der Waals surface area contributed by atoms with Crippen LogP contribution >= 0.6 is 0 Å². The Labute approximate surface area is 482 Å². The molecule has 6 heteroatoms. The maximum Gasteiger partial charge on any atom is 0.305 e. The summed E-state index contributed by atoms with van der Waals surface area (Å²) in [6, 6.07) is -0.535. The number of carbonyl (C=O) groups excluding carboxylic acids is 2. The van der Waals surface area contributed by atoms with Gasteiger partial charge in [0.15, 0.2) is 0 Å². The molecule has 0 aliphatic carbocycles. The molecule has 0 rings (SSSR count). The van der Waals surface area contributed by atoms with Crippen LogP contribution in [-0.2, 0) is 14.3 Å². The molecule has 0 radical (unpaired) electrons. The molecular weight excluding hydrogens is 947 g/mol. The molecule has 0 aliphatic rings. The van der Waals surface area contributed by atoms with E-state index in [4.69, 9.17) is 4.74 Å². The second kappa shape index (κ2) is 67.1. The van der Waals surface area contributed by atoms with Gasteiger partial charge in [-0.3, -0.25) is 9.59 Å². The SMILES string of the molecule is CCCCCCCCCCCCCCC(=O)OCCCCCCCCCCCCCCCCCCCC/C=C\CCCCCCCCCCCCCCCCCCCC(=O)NC(CO)C(O)CCCCCCCCCCC. The van der Waals surface area contributed by atoms with Crippen molar-refractivity contribution in [1.82, 2.24) is 5.32 Å². The molecule has 2 unspecified atom stereocenters. The number of aliphatic hydroxyl groups is 2.